The van der Waals surface area contributed by atoms with E-state index in [0.29, 0.717) is 0 Å². The molecule has 0 spiro atoms. The van der Waals surface area contributed by atoms with Crippen LogP contribution in [0, 0.1) is 18.7 Å². The van der Waals surface area contributed by atoms with E-state index in [4.69, 9.17) is 0 Å². The molecule has 0 amide bonds. The van der Waals surface area contributed by atoms with E-state index in [1.165, 1.54) is 19.3 Å². The van der Waals surface area contributed by atoms with Gasteiger partial charge in [-0.05, 0) is 64.9 Å². The SMILES string of the molecule is CNCCC1CCN(Cc2cc(C)ccc2F)CC1.Cl. The molecule has 2 nitrogen and oxygen atoms in total. The number of aryl methyl sites for hydroxylation is 1. The number of halogens is 2. The fourth-order valence-corrected chi connectivity index (χ4v) is 2.85. The van der Waals surface area contributed by atoms with Crippen LogP contribution in [0.25, 0.3) is 0 Å². The van der Waals surface area contributed by atoms with Crippen LogP contribution in [-0.4, -0.2) is 31.6 Å². The van der Waals surface area contributed by atoms with Gasteiger partial charge < -0.3 is 5.32 Å². The van der Waals surface area contributed by atoms with Gasteiger partial charge >= 0.3 is 0 Å². The van der Waals surface area contributed by atoms with Crippen molar-refractivity contribution in [2.45, 2.75) is 32.7 Å². The summed E-state index contributed by atoms with van der Waals surface area (Å²) < 4.78 is 13.7. The van der Waals surface area contributed by atoms with Crippen LogP contribution in [0.4, 0.5) is 4.39 Å². The molecule has 1 aliphatic heterocycles. The van der Waals surface area contributed by atoms with E-state index < -0.39 is 0 Å². The summed E-state index contributed by atoms with van der Waals surface area (Å²) in [5.74, 6) is 0.772. The van der Waals surface area contributed by atoms with Crippen LogP contribution in [0.3, 0.4) is 0 Å². The van der Waals surface area contributed by atoms with Gasteiger partial charge in [0.1, 0.15) is 5.82 Å². The van der Waals surface area contributed by atoms with Crippen LogP contribution in [0.1, 0.15) is 30.4 Å². The lowest BCUT2D eigenvalue weighted by Crippen LogP contribution is -2.34. The Morgan fingerprint density at radius 2 is 2.00 bits per heavy atom. The van der Waals surface area contributed by atoms with Crippen molar-refractivity contribution in [1.82, 2.24) is 10.2 Å². The number of rotatable bonds is 5. The fourth-order valence-electron chi connectivity index (χ4n) is 2.85. The molecule has 1 aliphatic rings. The molecule has 0 atom stereocenters. The lowest BCUT2D eigenvalue weighted by molar-refractivity contribution is 0.170. The largest absolute Gasteiger partial charge is 0.320 e. The molecule has 1 N–H and O–H groups in total. The third-order valence-corrected chi connectivity index (χ3v) is 4.10. The zero-order chi connectivity index (χ0) is 13.7. The maximum atomic E-state index is 13.7. The van der Waals surface area contributed by atoms with Crippen molar-refractivity contribution >= 4 is 12.4 Å². The number of nitrogens with zero attached hydrogens (tertiary/aromatic N) is 1. The zero-order valence-electron chi connectivity index (χ0n) is 12.5. The summed E-state index contributed by atoms with van der Waals surface area (Å²) >= 11 is 0. The van der Waals surface area contributed by atoms with E-state index in [1.807, 2.05) is 26.1 Å². The van der Waals surface area contributed by atoms with Gasteiger partial charge in [-0.3, -0.25) is 4.90 Å². The van der Waals surface area contributed by atoms with Gasteiger partial charge in [0, 0.05) is 12.1 Å². The Bertz CT molecular complexity index is 403. The molecule has 0 aliphatic carbocycles. The Morgan fingerprint density at radius 3 is 2.65 bits per heavy atom. The summed E-state index contributed by atoms with van der Waals surface area (Å²) in [5.41, 5.74) is 1.98. The normalized spacial score (nSPS) is 16.9. The highest BCUT2D eigenvalue weighted by Gasteiger charge is 2.19. The standard InChI is InChI=1S/C16H25FN2.ClH/c1-13-3-4-16(17)15(11-13)12-19-9-6-14(7-10-19)5-8-18-2;/h3-4,11,14,18H,5-10,12H2,1-2H3;1H. The molecule has 1 aromatic carbocycles. The lowest BCUT2D eigenvalue weighted by atomic mass is 9.93. The van der Waals surface area contributed by atoms with E-state index in [2.05, 4.69) is 10.2 Å². The number of piperidine rings is 1. The second kappa shape index (κ2) is 8.60. The van der Waals surface area contributed by atoms with Gasteiger partial charge in [0.25, 0.3) is 0 Å². The molecule has 2 rings (SSSR count). The number of benzene rings is 1. The molecule has 1 fully saturated rings. The quantitative estimate of drug-likeness (QED) is 0.897. The molecule has 0 bridgehead atoms. The first kappa shape index (κ1) is 17.4. The van der Waals surface area contributed by atoms with Crippen molar-refractivity contribution in [2.24, 2.45) is 5.92 Å². The molecule has 0 aromatic heterocycles. The van der Waals surface area contributed by atoms with Crippen LogP contribution in [0.5, 0.6) is 0 Å². The molecule has 20 heavy (non-hydrogen) atoms. The molecular weight excluding hydrogens is 275 g/mol. The van der Waals surface area contributed by atoms with E-state index in [-0.39, 0.29) is 18.2 Å². The van der Waals surface area contributed by atoms with Gasteiger partial charge in [0.15, 0.2) is 0 Å². The van der Waals surface area contributed by atoms with Crippen LogP contribution >= 0.6 is 12.4 Å². The average molecular weight is 301 g/mol. The minimum Gasteiger partial charge on any atom is -0.320 e. The van der Waals surface area contributed by atoms with Gasteiger partial charge in [-0.2, -0.15) is 0 Å². The van der Waals surface area contributed by atoms with Crippen molar-refractivity contribution in [3.05, 3.63) is 35.1 Å². The zero-order valence-corrected chi connectivity index (χ0v) is 13.3. The van der Waals surface area contributed by atoms with E-state index in [1.54, 1.807) is 6.07 Å². The second-order valence-corrected chi connectivity index (χ2v) is 5.71. The molecule has 0 radical (unpaired) electrons. The minimum absolute atomic E-state index is 0. The number of hydrogen-bond acceptors (Lipinski definition) is 2. The fraction of sp³-hybridized carbons (Fsp3) is 0.625. The van der Waals surface area contributed by atoms with Gasteiger partial charge in [-0.1, -0.05) is 17.7 Å². The lowest BCUT2D eigenvalue weighted by Gasteiger charge is -2.32. The number of nitrogens with one attached hydrogen (secondary N) is 1. The van der Waals surface area contributed by atoms with Crippen molar-refractivity contribution < 1.29 is 4.39 Å². The Kier molecular flexibility index (Phi) is 7.49. The van der Waals surface area contributed by atoms with E-state index in [9.17, 15) is 4.39 Å². The Hall–Kier alpha value is -0.640. The van der Waals surface area contributed by atoms with Crippen molar-refractivity contribution in [3.8, 4) is 0 Å². The molecule has 1 aromatic rings. The Labute approximate surface area is 128 Å². The Morgan fingerprint density at radius 1 is 1.30 bits per heavy atom. The highest BCUT2D eigenvalue weighted by molar-refractivity contribution is 5.85. The van der Waals surface area contributed by atoms with Gasteiger partial charge in [0.05, 0.1) is 0 Å². The van der Waals surface area contributed by atoms with Crippen LogP contribution < -0.4 is 5.32 Å². The highest BCUT2D eigenvalue weighted by atomic mass is 35.5. The van der Waals surface area contributed by atoms with Gasteiger partial charge in [-0.15, -0.1) is 12.4 Å². The summed E-state index contributed by atoms with van der Waals surface area (Å²) in [6.45, 7) is 6.08. The predicted molar refractivity (Wildman–Crippen MR) is 84.9 cm³/mol. The van der Waals surface area contributed by atoms with Gasteiger partial charge in [-0.25, -0.2) is 4.39 Å². The molecular formula is C16H26ClFN2. The molecule has 0 saturated carbocycles. The first-order valence-corrected chi connectivity index (χ1v) is 7.31. The van der Waals surface area contributed by atoms with Crippen molar-refractivity contribution in [2.75, 3.05) is 26.7 Å². The topological polar surface area (TPSA) is 15.3 Å². The predicted octanol–water partition coefficient (Wildman–Crippen LogP) is 3.38. The average Bonchev–Trinajstić information content (AvgIpc) is 2.42. The Balaban J connectivity index is 0.00000200. The van der Waals surface area contributed by atoms with Crippen LogP contribution in [0.2, 0.25) is 0 Å². The molecule has 0 unspecified atom stereocenters. The third-order valence-electron chi connectivity index (χ3n) is 4.10. The van der Waals surface area contributed by atoms with Crippen molar-refractivity contribution in [1.29, 1.82) is 0 Å². The summed E-state index contributed by atoms with van der Waals surface area (Å²) in [5, 5.41) is 3.22. The first-order chi connectivity index (χ1) is 9.19. The first-order valence-electron chi connectivity index (χ1n) is 7.31. The summed E-state index contributed by atoms with van der Waals surface area (Å²) in [6.07, 6.45) is 3.76. The monoisotopic (exact) mass is 300 g/mol. The number of hydrogen-bond donors (Lipinski definition) is 1. The molecule has 1 saturated heterocycles. The maximum absolute atomic E-state index is 13.7. The van der Waals surface area contributed by atoms with Gasteiger partial charge in [0.2, 0.25) is 0 Å². The van der Waals surface area contributed by atoms with Crippen LogP contribution in [0.15, 0.2) is 18.2 Å². The summed E-state index contributed by atoms with van der Waals surface area (Å²) in [6, 6.07) is 5.40. The van der Waals surface area contributed by atoms with E-state index in [0.717, 1.165) is 43.2 Å². The van der Waals surface area contributed by atoms with E-state index >= 15 is 0 Å². The summed E-state index contributed by atoms with van der Waals surface area (Å²) in [4.78, 5) is 2.38. The second-order valence-electron chi connectivity index (χ2n) is 5.71. The minimum atomic E-state index is -0.0668. The smallest absolute Gasteiger partial charge is 0.127 e. The molecule has 1 heterocycles. The molecule has 114 valence electrons. The van der Waals surface area contributed by atoms with Crippen molar-refractivity contribution in [3.63, 3.8) is 0 Å². The maximum Gasteiger partial charge on any atom is 0.127 e. The third kappa shape index (κ3) is 5.04. The van der Waals surface area contributed by atoms with Crippen LogP contribution in [-0.2, 0) is 6.54 Å². The highest BCUT2D eigenvalue weighted by Crippen LogP contribution is 2.22. The molecule has 4 heteroatoms. The summed E-state index contributed by atoms with van der Waals surface area (Å²) in [7, 11) is 2.01. The number of likely N-dealkylation sites (tertiary alicyclic amines) is 1.